The Kier molecular flexibility index (Phi) is 4.31. The molecule has 1 aliphatic carbocycles. The molecule has 1 aromatic carbocycles. The van der Waals surface area contributed by atoms with E-state index in [0.717, 1.165) is 12.5 Å². The fourth-order valence-corrected chi connectivity index (χ4v) is 3.15. The molecule has 1 heterocycles. The Morgan fingerprint density at radius 1 is 1.30 bits per heavy atom. The van der Waals surface area contributed by atoms with Crippen LogP contribution in [0.1, 0.15) is 50.6 Å². The third-order valence-corrected chi connectivity index (χ3v) is 4.52. The molecule has 0 saturated heterocycles. The lowest BCUT2D eigenvalue weighted by molar-refractivity contribution is 0.262. The van der Waals surface area contributed by atoms with E-state index in [4.69, 9.17) is 0 Å². The summed E-state index contributed by atoms with van der Waals surface area (Å²) in [5.41, 5.74) is 1.45. The molecule has 1 atom stereocenters. The van der Waals surface area contributed by atoms with Gasteiger partial charge in [0.1, 0.15) is 0 Å². The van der Waals surface area contributed by atoms with Crippen molar-refractivity contribution in [1.29, 1.82) is 0 Å². The molecule has 0 aliphatic heterocycles. The lowest BCUT2D eigenvalue weighted by atomic mass is 9.79. The van der Waals surface area contributed by atoms with E-state index >= 15 is 0 Å². The van der Waals surface area contributed by atoms with E-state index in [1.54, 1.807) is 0 Å². The van der Waals surface area contributed by atoms with Crippen LogP contribution in [0.15, 0.2) is 36.7 Å². The van der Waals surface area contributed by atoms with Gasteiger partial charge in [-0.1, -0.05) is 44.4 Å². The SMILES string of the molecule is CCCNC(CC1CCC1)c1cccc2cnccc12. The van der Waals surface area contributed by atoms with Gasteiger partial charge >= 0.3 is 0 Å². The first kappa shape index (κ1) is 13.6. The van der Waals surface area contributed by atoms with Crippen LogP contribution >= 0.6 is 0 Å². The van der Waals surface area contributed by atoms with Crippen molar-refractivity contribution in [2.75, 3.05) is 6.54 Å². The van der Waals surface area contributed by atoms with Crippen molar-refractivity contribution in [2.24, 2.45) is 5.92 Å². The van der Waals surface area contributed by atoms with E-state index in [0.29, 0.717) is 6.04 Å². The van der Waals surface area contributed by atoms with Gasteiger partial charge < -0.3 is 5.32 Å². The summed E-state index contributed by atoms with van der Waals surface area (Å²) in [4.78, 5) is 4.24. The molecule has 1 N–H and O–H groups in total. The van der Waals surface area contributed by atoms with Gasteiger partial charge in [0.25, 0.3) is 0 Å². The predicted molar refractivity (Wildman–Crippen MR) is 84.7 cm³/mol. The van der Waals surface area contributed by atoms with E-state index in [1.807, 2.05) is 12.4 Å². The molecule has 1 saturated carbocycles. The van der Waals surface area contributed by atoms with Gasteiger partial charge in [-0.25, -0.2) is 0 Å². The lowest BCUT2D eigenvalue weighted by Gasteiger charge is -2.31. The zero-order valence-electron chi connectivity index (χ0n) is 12.3. The molecule has 2 aromatic rings. The van der Waals surface area contributed by atoms with E-state index in [1.165, 1.54) is 48.4 Å². The topological polar surface area (TPSA) is 24.9 Å². The summed E-state index contributed by atoms with van der Waals surface area (Å²) in [6.45, 7) is 3.33. The van der Waals surface area contributed by atoms with Crippen LogP contribution in [-0.4, -0.2) is 11.5 Å². The first-order chi connectivity index (χ1) is 9.88. The number of pyridine rings is 1. The van der Waals surface area contributed by atoms with Crippen LogP contribution in [0.3, 0.4) is 0 Å². The molecule has 2 nitrogen and oxygen atoms in total. The van der Waals surface area contributed by atoms with Gasteiger partial charge in [0, 0.05) is 23.8 Å². The molecule has 0 amide bonds. The summed E-state index contributed by atoms with van der Waals surface area (Å²) in [6, 6.07) is 9.26. The third kappa shape index (κ3) is 2.85. The Bertz CT molecular complexity index is 555. The smallest absolute Gasteiger partial charge is 0.0346 e. The summed E-state index contributed by atoms with van der Waals surface area (Å²) in [7, 11) is 0. The molecular formula is C18H24N2. The van der Waals surface area contributed by atoms with E-state index < -0.39 is 0 Å². The first-order valence-electron chi connectivity index (χ1n) is 7.94. The lowest BCUT2D eigenvalue weighted by Crippen LogP contribution is -2.26. The van der Waals surface area contributed by atoms with Crippen molar-refractivity contribution in [2.45, 2.75) is 45.1 Å². The third-order valence-electron chi connectivity index (χ3n) is 4.52. The van der Waals surface area contributed by atoms with Crippen molar-refractivity contribution in [3.63, 3.8) is 0 Å². The van der Waals surface area contributed by atoms with E-state index in [2.05, 4.69) is 41.5 Å². The molecule has 1 aliphatic rings. The highest BCUT2D eigenvalue weighted by atomic mass is 14.9. The number of fused-ring (bicyclic) bond motifs is 1. The summed E-state index contributed by atoms with van der Waals surface area (Å²) in [5, 5.41) is 6.37. The minimum Gasteiger partial charge on any atom is -0.310 e. The molecule has 20 heavy (non-hydrogen) atoms. The van der Waals surface area contributed by atoms with Crippen molar-refractivity contribution in [3.05, 3.63) is 42.2 Å². The highest BCUT2D eigenvalue weighted by Crippen LogP contribution is 2.36. The van der Waals surface area contributed by atoms with Gasteiger partial charge in [-0.3, -0.25) is 4.98 Å². The fourth-order valence-electron chi connectivity index (χ4n) is 3.15. The van der Waals surface area contributed by atoms with Gasteiger partial charge in [0.2, 0.25) is 0 Å². The van der Waals surface area contributed by atoms with Crippen molar-refractivity contribution in [3.8, 4) is 0 Å². The molecule has 1 fully saturated rings. The zero-order chi connectivity index (χ0) is 13.8. The second kappa shape index (κ2) is 6.36. The molecule has 2 heteroatoms. The van der Waals surface area contributed by atoms with E-state index in [9.17, 15) is 0 Å². The standard InChI is InChI=1S/C18H24N2/c1-2-10-20-18(12-14-5-3-6-14)17-8-4-7-15-13-19-11-9-16(15)17/h4,7-9,11,13-14,18,20H,2-3,5-6,10,12H2,1H3. The highest BCUT2D eigenvalue weighted by Gasteiger charge is 2.23. The Balaban J connectivity index is 1.90. The normalized spacial score (nSPS) is 17.1. The summed E-state index contributed by atoms with van der Waals surface area (Å²) in [5.74, 6) is 0.918. The van der Waals surface area contributed by atoms with Crippen molar-refractivity contribution in [1.82, 2.24) is 10.3 Å². The van der Waals surface area contributed by atoms with Crippen molar-refractivity contribution < 1.29 is 0 Å². The average Bonchev–Trinajstić information content (AvgIpc) is 2.45. The number of nitrogens with zero attached hydrogens (tertiary/aromatic N) is 1. The minimum absolute atomic E-state index is 0.492. The second-order valence-corrected chi connectivity index (χ2v) is 5.98. The summed E-state index contributed by atoms with van der Waals surface area (Å²) < 4.78 is 0. The molecule has 3 rings (SSSR count). The molecule has 0 spiro atoms. The summed E-state index contributed by atoms with van der Waals surface area (Å²) >= 11 is 0. The molecule has 0 bridgehead atoms. The summed E-state index contributed by atoms with van der Waals surface area (Å²) in [6.07, 6.45) is 10.6. The maximum Gasteiger partial charge on any atom is 0.0346 e. The van der Waals surface area contributed by atoms with Crippen molar-refractivity contribution >= 4 is 10.8 Å². The largest absolute Gasteiger partial charge is 0.310 e. The van der Waals surface area contributed by atoms with Gasteiger partial charge in [-0.2, -0.15) is 0 Å². The maximum absolute atomic E-state index is 4.24. The minimum atomic E-state index is 0.492. The van der Waals surface area contributed by atoms with Crippen LogP contribution in [0.25, 0.3) is 10.8 Å². The van der Waals surface area contributed by atoms with Gasteiger partial charge in [0.05, 0.1) is 0 Å². The molecule has 1 aromatic heterocycles. The Morgan fingerprint density at radius 3 is 2.95 bits per heavy atom. The van der Waals surface area contributed by atoms with Crippen LogP contribution in [-0.2, 0) is 0 Å². The number of rotatable bonds is 6. The van der Waals surface area contributed by atoms with Crippen LogP contribution < -0.4 is 5.32 Å². The van der Waals surface area contributed by atoms with Crippen LogP contribution in [0.2, 0.25) is 0 Å². The number of benzene rings is 1. The Morgan fingerprint density at radius 2 is 2.20 bits per heavy atom. The number of hydrogen-bond acceptors (Lipinski definition) is 2. The number of nitrogens with one attached hydrogen (secondary N) is 1. The monoisotopic (exact) mass is 268 g/mol. The Labute approximate surface area is 121 Å². The van der Waals surface area contributed by atoms with Crippen LogP contribution in [0.4, 0.5) is 0 Å². The van der Waals surface area contributed by atoms with Gasteiger partial charge in [-0.15, -0.1) is 0 Å². The second-order valence-electron chi connectivity index (χ2n) is 5.98. The number of aromatic nitrogens is 1. The zero-order valence-corrected chi connectivity index (χ0v) is 12.3. The van der Waals surface area contributed by atoms with E-state index in [-0.39, 0.29) is 0 Å². The van der Waals surface area contributed by atoms with Gasteiger partial charge in [-0.05, 0) is 42.3 Å². The van der Waals surface area contributed by atoms with Gasteiger partial charge in [0.15, 0.2) is 0 Å². The number of hydrogen-bond donors (Lipinski definition) is 1. The van der Waals surface area contributed by atoms with Crippen LogP contribution in [0, 0.1) is 5.92 Å². The maximum atomic E-state index is 4.24. The highest BCUT2D eigenvalue weighted by molar-refractivity contribution is 5.85. The molecular weight excluding hydrogens is 244 g/mol. The first-order valence-corrected chi connectivity index (χ1v) is 7.94. The van der Waals surface area contributed by atoms with Crippen LogP contribution in [0.5, 0.6) is 0 Å². The fraction of sp³-hybridized carbons (Fsp3) is 0.500. The molecule has 0 radical (unpaired) electrons. The predicted octanol–water partition coefficient (Wildman–Crippen LogP) is 4.47. The Hall–Kier alpha value is -1.41. The average molecular weight is 268 g/mol. The quantitative estimate of drug-likeness (QED) is 0.836. The molecule has 106 valence electrons. The molecule has 1 unspecified atom stereocenters.